The lowest BCUT2D eigenvalue weighted by molar-refractivity contribution is -0.136. The second-order valence-corrected chi connectivity index (χ2v) is 7.90. The largest absolute Gasteiger partial charge is 0.507 e. The van der Waals surface area contributed by atoms with Crippen molar-refractivity contribution in [1.82, 2.24) is 0 Å². The second kappa shape index (κ2) is 7.37. The molecule has 0 saturated heterocycles. The minimum absolute atomic E-state index is 0.0699. The fraction of sp³-hybridized carbons (Fsp3) is 0.545. The maximum Gasteiger partial charge on any atom is 0.311 e. The van der Waals surface area contributed by atoms with Crippen LogP contribution < -0.4 is 9.47 Å². The van der Waals surface area contributed by atoms with Crippen LogP contribution in [0.15, 0.2) is 11.6 Å². The molecule has 0 aliphatic carbocycles. The van der Waals surface area contributed by atoms with Crippen molar-refractivity contribution in [3.63, 3.8) is 0 Å². The number of ketones is 1. The van der Waals surface area contributed by atoms with Gasteiger partial charge in [0.2, 0.25) is 0 Å². The maximum atomic E-state index is 13.0. The summed E-state index contributed by atoms with van der Waals surface area (Å²) in [6.45, 7) is 9.66. The van der Waals surface area contributed by atoms with Crippen LogP contribution in [0.25, 0.3) is 0 Å². The Hall–Kier alpha value is -2.30. The van der Waals surface area contributed by atoms with Gasteiger partial charge in [-0.15, -0.1) is 0 Å². The highest BCUT2D eigenvalue weighted by atomic mass is 16.5. The van der Waals surface area contributed by atoms with Gasteiger partial charge in [-0.05, 0) is 33.6 Å². The molecule has 0 saturated carbocycles. The molecule has 0 spiro atoms. The van der Waals surface area contributed by atoms with Crippen LogP contribution in [0.5, 0.6) is 17.2 Å². The minimum Gasteiger partial charge on any atom is -0.507 e. The molecule has 0 fully saturated rings. The lowest BCUT2D eigenvalue weighted by Gasteiger charge is -2.35. The van der Waals surface area contributed by atoms with E-state index in [-0.39, 0.29) is 47.4 Å². The lowest BCUT2D eigenvalue weighted by atomic mass is 9.80. The van der Waals surface area contributed by atoms with E-state index in [1.165, 1.54) is 0 Å². The number of hydrogen-bond donors (Lipinski definition) is 1. The van der Waals surface area contributed by atoms with Crippen molar-refractivity contribution in [2.45, 2.75) is 72.3 Å². The quantitative estimate of drug-likeness (QED) is 0.471. The molecule has 1 aromatic rings. The van der Waals surface area contributed by atoms with E-state index >= 15 is 0 Å². The number of Topliss-reactive ketones (excluding diaryl/α,β-unsaturated/α-hetero) is 1. The van der Waals surface area contributed by atoms with Gasteiger partial charge in [-0.1, -0.05) is 31.9 Å². The van der Waals surface area contributed by atoms with Crippen molar-refractivity contribution in [3.8, 4) is 17.2 Å². The fourth-order valence-corrected chi connectivity index (χ4v) is 3.88. The monoisotopic (exact) mass is 372 g/mol. The summed E-state index contributed by atoms with van der Waals surface area (Å²) in [5, 5.41) is 11.0. The second-order valence-electron chi connectivity index (χ2n) is 7.90. The number of phenolic OH excluding ortho intramolecular Hbond substituents is 1. The average Bonchev–Trinajstić information content (AvgIpc) is 2.58. The molecule has 2 aliphatic heterocycles. The molecule has 3 rings (SSSR count). The number of rotatable bonds is 4. The summed E-state index contributed by atoms with van der Waals surface area (Å²) in [5.41, 5.74) is 2.60. The Bertz CT molecular complexity index is 817. The Balaban J connectivity index is 2.31. The first-order valence-corrected chi connectivity index (χ1v) is 9.72. The van der Waals surface area contributed by atoms with Crippen LogP contribution in [0.4, 0.5) is 0 Å². The standard InChI is InChI=1S/C22H28O5/c1-6-7-14-10-16(23)27-21-15(9-8-11(2)3)20(25)18-19(24)12(4)13(5)26-22(18)17(14)21/h8,12-14,25H,6-7,9-10H2,1-5H3/t12-,13+,14?/m1/s1. The van der Waals surface area contributed by atoms with Gasteiger partial charge in [0.25, 0.3) is 0 Å². The molecule has 2 aliphatic rings. The Labute approximate surface area is 160 Å². The van der Waals surface area contributed by atoms with Crippen LogP contribution >= 0.6 is 0 Å². The SMILES string of the molecule is CCCC1CC(=O)Oc2c(CC=C(C)C)c(O)c3c(c21)O[C@@H](C)[C@@H](C)C3=O. The molecule has 146 valence electrons. The van der Waals surface area contributed by atoms with Gasteiger partial charge in [0.15, 0.2) is 5.78 Å². The highest BCUT2D eigenvalue weighted by molar-refractivity contribution is 6.05. The average molecular weight is 372 g/mol. The third-order valence-electron chi connectivity index (χ3n) is 5.57. The van der Waals surface area contributed by atoms with E-state index in [2.05, 4.69) is 6.92 Å². The molecule has 0 radical (unpaired) electrons. The van der Waals surface area contributed by atoms with Crippen molar-refractivity contribution in [1.29, 1.82) is 0 Å². The topological polar surface area (TPSA) is 72.8 Å². The molecule has 5 nitrogen and oxygen atoms in total. The molecule has 0 bridgehead atoms. The number of fused-ring (bicyclic) bond motifs is 3. The van der Waals surface area contributed by atoms with Crippen molar-refractivity contribution < 1.29 is 24.2 Å². The number of carbonyl (C=O) groups excluding carboxylic acids is 2. The summed E-state index contributed by atoms with van der Waals surface area (Å²) in [6.07, 6.45) is 4.02. The van der Waals surface area contributed by atoms with E-state index in [1.807, 2.05) is 33.8 Å². The lowest BCUT2D eigenvalue weighted by Crippen LogP contribution is -2.35. The number of ether oxygens (including phenoxy) is 2. The summed E-state index contributed by atoms with van der Waals surface area (Å²) in [5.74, 6) is -0.155. The fourth-order valence-electron chi connectivity index (χ4n) is 3.88. The van der Waals surface area contributed by atoms with Gasteiger partial charge in [-0.3, -0.25) is 9.59 Å². The van der Waals surface area contributed by atoms with Crippen molar-refractivity contribution in [2.75, 3.05) is 0 Å². The van der Waals surface area contributed by atoms with E-state index < -0.39 is 0 Å². The first-order valence-electron chi connectivity index (χ1n) is 9.72. The van der Waals surface area contributed by atoms with Crippen LogP contribution in [0.3, 0.4) is 0 Å². The Morgan fingerprint density at radius 3 is 2.56 bits per heavy atom. The van der Waals surface area contributed by atoms with Crippen LogP contribution in [0, 0.1) is 5.92 Å². The molecular formula is C22H28O5. The Morgan fingerprint density at radius 2 is 1.93 bits per heavy atom. The van der Waals surface area contributed by atoms with E-state index in [0.717, 1.165) is 24.0 Å². The Kier molecular flexibility index (Phi) is 5.31. The highest BCUT2D eigenvalue weighted by Crippen LogP contribution is 2.53. The molecule has 0 amide bonds. The summed E-state index contributed by atoms with van der Waals surface area (Å²) in [6, 6.07) is 0. The summed E-state index contributed by atoms with van der Waals surface area (Å²) < 4.78 is 11.7. The van der Waals surface area contributed by atoms with Gasteiger partial charge in [0, 0.05) is 17.0 Å². The minimum atomic E-state index is -0.339. The number of benzene rings is 1. The van der Waals surface area contributed by atoms with Gasteiger partial charge in [0.05, 0.1) is 12.3 Å². The maximum absolute atomic E-state index is 13.0. The zero-order chi connectivity index (χ0) is 19.9. The molecule has 0 aromatic heterocycles. The molecule has 2 heterocycles. The number of phenols is 1. The van der Waals surface area contributed by atoms with Crippen molar-refractivity contribution in [2.24, 2.45) is 5.92 Å². The smallest absolute Gasteiger partial charge is 0.311 e. The number of aromatic hydroxyl groups is 1. The summed E-state index contributed by atoms with van der Waals surface area (Å²) >= 11 is 0. The third-order valence-corrected chi connectivity index (χ3v) is 5.57. The summed E-state index contributed by atoms with van der Waals surface area (Å²) in [7, 11) is 0. The predicted molar refractivity (Wildman–Crippen MR) is 103 cm³/mol. The molecule has 5 heteroatoms. The third kappa shape index (κ3) is 3.35. The number of allylic oxidation sites excluding steroid dienone is 2. The zero-order valence-corrected chi connectivity index (χ0v) is 16.7. The van der Waals surface area contributed by atoms with Crippen LogP contribution in [0.2, 0.25) is 0 Å². The highest BCUT2D eigenvalue weighted by Gasteiger charge is 2.42. The molecule has 1 N–H and O–H groups in total. The van der Waals surface area contributed by atoms with E-state index in [9.17, 15) is 14.7 Å². The van der Waals surface area contributed by atoms with E-state index in [1.54, 1.807) is 0 Å². The van der Waals surface area contributed by atoms with Crippen LogP contribution in [-0.2, 0) is 11.2 Å². The first kappa shape index (κ1) is 19.5. The first-order chi connectivity index (χ1) is 12.8. The predicted octanol–water partition coefficient (Wildman–Crippen LogP) is 4.69. The van der Waals surface area contributed by atoms with E-state index in [0.29, 0.717) is 23.5 Å². The number of carbonyl (C=O) groups is 2. The van der Waals surface area contributed by atoms with E-state index in [4.69, 9.17) is 9.47 Å². The van der Waals surface area contributed by atoms with Crippen LogP contribution in [0.1, 0.15) is 81.3 Å². The molecule has 1 aromatic carbocycles. The molecule has 1 unspecified atom stereocenters. The van der Waals surface area contributed by atoms with Gasteiger partial charge in [-0.2, -0.15) is 0 Å². The van der Waals surface area contributed by atoms with Gasteiger partial charge in [0.1, 0.15) is 28.9 Å². The summed E-state index contributed by atoms with van der Waals surface area (Å²) in [4.78, 5) is 25.2. The van der Waals surface area contributed by atoms with Crippen molar-refractivity contribution in [3.05, 3.63) is 28.3 Å². The van der Waals surface area contributed by atoms with Gasteiger partial charge in [-0.25, -0.2) is 0 Å². The number of hydrogen-bond acceptors (Lipinski definition) is 5. The Morgan fingerprint density at radius 1 is 1.22 bits per heavy atom. The number of esters is 1. The van der Waals surface area contributed by atoms with Gasteiger partial charge < -0.3 is 14.6 Å². The molecule has 3 atom stereocenters. The van der Waals surface area contributed by atoms with Crippen molar-refractivity contribution >= 4 is 11.8 Å². The van der Waals surface area contributed by atoms with Gasteiger partial charge >= 0.3 is 5.97 Å². The zero-order valence-electron chi connectivity index (χ0n) is 16.7. The molecule has 27 heavy (non-hydrogen) atoms. The normalized spacial score (nSPS) is 23.8. The molecular weight excluding hydrogens is 344 g/mol. The van der Waals surface area contributed by atoms with Crippen LogP contribution in [-0.4, -0.2) is 23.0 Å².